The number of benzene rings is 1. The molecule has 0 unspecified atom stereocenters. The first-order chi connectivity index (χ1) is 12.5. The van der Waals surface area contributed by atoms with E-state index in [4.69, 9.17) is 0 Å². The first-order valence-electron chi connectivity index (χ1n) is 7.66. The Morgan fingerprint density at radius 3 is 2.92 bits per heavy atom. The summed E-state index contributed by atoms with van der Waals surface area (Å²) in [4.78, 5) is 8.06. The van der Waals surface area contributed by atoms with Crippen molar-refractivity contribution in [2.45, 2.75) is 30.1 Å². The fraction of sp³-hybridized carbons (Fsp3) is 0.312. The Kier molecular flexibility index (Phi) is 6.28. The third kappa shape index (κ3) is 4.43. The standard InChI is InChI=1S/C16H16F2N4OS3/c1-11(26-25-7-15-20-4-5-24-15)16(23,8-22-10-19-9-21-22)13-6-12(17)2-3-14(13)18/h2-6,9-11,23H,7-8H2,1H3/t11-,16-/m1/s1. The highest BCUT2D eigenvalue weighted by Crippen LogP contribution is 2.42. The molecule has 3 rings (SSSR count). The highest BCUT2D eigenvalue weighted by molar-refractivity contribution is 8.76. The fourth-order valence-corrected chi connectivity index (χ4v) is 5.92. The summed E-state index contributed by atoms with van der Waals surface area (Å²) in [6, 6.07) is 3.09. The predicted molar refractivity (Wildman–Crippen MR) is 101 cm³/mol. The molecule has 0 spiro atoms. The van der Waals surface area contributed by atoms with Crippen LogP contribution in [0, 0.1) is 11.6 Å². The second kappa shape index (κ2) is 8.47. The van der Waals surface area contributed by atoms with Crippen LogP contribution in [0.4, 0.5) is 8.78 Å². The van der Waals surface area contributed by atoms with Gasteiger partial charge in [0.05, 0.1) is 12.3 Å². The average Bonchev–Trinajstić information content (AvgIpc) is 3.30. The lowest BCUT2D eigenvalue weighted by Crippen LogP contribution is -2.41. The summed E-state index contributed by atoms with van der Waals surface area (Å²) in [5.41, 5.74) is -1.76. The zero-order valence-electron chi connectivity index (χ0n) is 13.7. The lowest BCUT2D eigenvalue weighted by molar-refractivity contribution is 0.0134. The molecule has 0 saturated heterocycles. The Bertz CT molecular complexity index is 832. The van der Waals surface area contributed by atoms with Crippen molar-refractivity contribution in [1.82, 2.24) is 19.7 Å². The van der Waals surface area contributed by atoms with E-state index < -0.39 is 22.5 Å². The number of aliphatic hydroxyl groups is 1. The van der Waals surface area contributed by atoms with Gasteiger partial charge < -0.3 is 5.11 Å². The molecule has 2 heterocycles. The highest BCUT2D eigenvalue weighted by Gasteiger charge is 2.40. The van der Waals surface area contributed by atoms with Crippen LogP contribution in [0.5, 0.6) is 0 Å². The van der Waals surface area contributed by atoms with E-state index in [1.807, 2.05) is 5.38 Å². The molecule has 3 aromatic rings. The minimum absolute atomic E-state index is 0.0423. The van der Waals surface area contributed by atoms with Crippen LogP contribution < -0.4 is 0 Å². The number of rotatable bonds is 8. The minimum Gasteiger partial charge on any atom is -0.382 e. The molecule has 0 bridgehead atoms. The molecule has 0 aliphatic rings. The maximum absolute atomic E-state index is 14.4. The van der Waals surface area contributed by atoms with Crippen molar-refractivity contribution < 1.29 is 13.9 Å². The average molecular weight is 415 g/mol. The number of halogens is 2. The first-order valence-corrected chi connectivity index (χ1v) is 10.9. The van der Waals surface area contributed by atoms with E-state index in [9.17, 15) is 13.9 Å². The molecule has 0 radical (unpaired) electrons. The monoisotopic (exact) mass is 414 g/mol. The van der Waals surface area contributed by atoms with Crippen LogP contribution in [0.25, 0.3) is 0 Å². The van der Waals surface area contributed by atoms with Gasteiger partial charge in [0.2, 0.25) is 0 Å². The number of thiazole rings is 1. The normalized spacial score (nSPS) is 14.9. The Labute approximate surface area is 161 Å². The van der Waals surface area contributed by atoms with E-state index >= 15 is 0 Å². The number of aromatic nitrogens is 4. The molecule has 10 heteroatoms. The van der Waals surface area contributed by atoms with Gasteiger partial charge in [0.15, 0.2) is 0 Å². The first kappa shape index (κ1) is 19.3. The third-order valence-electron chi connectivity index (χ3n) is 3.82. The molecule has 0 fully saturated rings. The van der Waals surface area contributed by atoms with Gasteiger partial charge in [0.25, 0.3) is 0 Å². The second-order valence-corrected chi connectivity index (χ2v) is 9.26. The zero-order valence-corrected chi connectivity index (χ0v) is 16.2. The van der Waals surface area contributed by atoms with Crippen LogP contribution in [0.2, 0.25) is 0 Å². The summed E-state index contributed by atoms with van der Waals surface area (Å²) >= 11 is 1.55. The molecule has 26 heavy (non-hydrogen) atoms. The maximum atomic E-state index is 14.4. The van der Waals surface area contributed by atoms with Gasteiger partial charge in [-0.15, -0.1) is 11.3 Å². The minimum atomic E-state index is -1.67. The Hall–Kier alpha value is -1.49. The van der Waals surface area contributed by atoms with E-state index in [2.05, 4.69) is 15.1 Å². The molecular weight excluding hydrogens is 398 g/mol. The largest absolute Gasteiger partial charge is 0.382 e. The van der Waals surface area contributed by atoms with Crippen molar-refractivity contribution in [3.8, 4) is 0 Å². The zero-order chi connectivity index (χ0) is 18.6. The van der Waals surface area contributed by atoms with Crippen LogP contribution >= 0.6 is 32.9 Å². The van der Waals surface area contributed by atoms with Gasteiger partial charge in [-0.1, -0.05) is 21.6 Å². The van der Waals surface area contributed by atoms with Crippen molar-refractivity contribution in [1.29, 1.82) is 0 Å². The van der Waals surface area contributed by atoms with Crippen LogP contribution in [0.3, 0.4) is 0 Å². The van der Waals surface area contributed by atoms with E-state index in [0.717, 1.165) is 23.2 Å². The Morgan fingerprint density at radius 1 is 1.38 bits per heavy atom. The summed E-state index contributed by atoms with van der Waals surface area (Å²) in [6.45, 7) is 1.74. The quantitative estimate of drug-likeness (QED) is 0.565. The molecule has 138 valence electrons. The Morgan fingerprint density at radius 2 is 2.23 bits per heavy atom. The van der Waals surface area contributed by atoms with Crippen molar-refractivity contribution in [2.24, 2.45) is 0 Å². The highest BCUT2D eigenvalue weighted by atomic mass is 33.1. The molecule has 0 aliphatic carbocycles. The second-order valence-electron chi connectivity index (χ2n) is 5.57. The van der Waals surface area contributed by atoms with Crippen LogP contribution in [0.15, 0.2) is 42.4 Å². The van der Waals surface area contributed by atoms with Crippen molar-refractivity contribution in [3.63, 3.8) is 0 Å². The molecule has 0 amide bonds. The molecule has 0 saturated carbocycles. The lowest BCUT2D eigenvalue weighted by Gasteiger charge is -2.34. The van der Waals surface area contributed by atoms with Gasteiger partial charge in [-0.05, 0) is 25.1 Å². The lowest BCUT2D eigenvalue weighted by atomic mass is 9.90. The summed E-state index contributed by atoms with van der Waals surface area (Å²) in [7, 11) is 2.90. The number of nitrogens with zero attached hydrogens (tertiary/aromatic N) is 4. The summed E-state index contributed by atoms with van der Waals surface area (Å²) < 4.78 is 29.5. The predicted octanol–water partition coefficient (Wildman–Crippen LogP) is 3.87. The summed E-state index contributed by atoms with van der Waals surface area (Å²) in [5.74, 6) is -0.602. The van der Waals surface area contributed by atoms with Crippen molar-refractivity contribution in [2.75, 3.05) is 0 Å². The number of hydrogen-bond donors (Lipinski definition) is 1. The van der Waals surface area contributed by atoms with E-state index in [1.54, 1.807) is 24.5 Å². The van der Waals surface area contributed by atoms with E-state index in [1.165, 1.54) is 38.9 Å². The van der Waals surface area contributed by atoms with Crippen LogP contribution in [-0.2, 0) is 17.9 Å². The molecule has 5 nitrogen and oxygen atoms in total. The molecule has 1 N–H and O–H groups in total. The van der Waals surface area contributed by atoms with Crippen molar-refractivity contribution >= 4 is 32.9 Å². The molecule has 0 aliphatic heterocycles. The molecule has 1 aromatic carbocycles. The van der Waals surface area contributed by atoms with Crippen molar-refractivity contribution in [3.05, 3.63) is 64.6 Å². The van der Waals surface area contributed by atoms with E-state index in [-0.39, 0.29) is 12.1 Å². The summed E-state index contributed by atoms with van der Waals surface area (Å²) in [6.07, 6.45) is 4.50. The van der Waals surface area contributed by atoms with Gasteiger partial charge in [0.1, 0.15) is 34.9 Å². The Balaban J connectivity index is 1.83. The smallest absolute Gasteiger partial charge is 0.137 e. The van der Waals surface area contributed by atoms with E-state index in [0.29, 0.717) is 5.75 Å². The van der Waals surface area contributed by atoms with Gasteiger partial charge in [-0.2, -0.15) is 5.10 Å². The molecule has 2 atom stereocenters. The number of hydrogen-bond acceptors (Lipinski definition) is 7. The maximum Gasteiger partial charge on any atom is 0.137 e. The fourth-order valence-electron chi connectivity index (χ4n) is 2.41. The van der Waals surface area contributed by atoms with Gasteiger partial charge in [-0.25, -0.2) is 23.4 Å². The van der Waals surface area contributed by atoms with Gasteiger partial charge in [-0.3, -0.25) is 0 Å². The SMILES string of the molecule is C[C@@H](SSCc1nccs1)[C@](O)(Cn1cncn1)c1cc(F)ccc1F. The third-order valence-corrected chi connectivity index (χ3v) is 7.61. The van der Waals surface area contributed by atoms with Gasteiger partial charge in [0, 0.05) is 22.4 Å². The topological polar surface area (TPSA) is 63.8 Å². The van der Waals surface area contributed by atoms with Gasteiger partial charge >= 0.3 is 0 Å². The van der Waals surface area contributed by atoms with Crippen LogP contribution in [-0.4, -0.2) is 30.1 Å². The van der Waals surface area contributed by atoms with Crippen LogP contribution in [0.1, 0.15) is 17.5 Å². The molecular formula is C16H16F2N4OS3. The summed E-state index contributed by atoms with van der Waals surface area (Å²) in [5, 5.41) is 17.7. The molecule has 2 aromatic heterocycles.